The molecule has 0 saturated heterocycles. The molecule has 1 aliphatic carbocycles. The summed E-state index contributed by atoms with van der Waals surface area (Å²) in [5.41, 5.74) is 11.6. The van der Waals surface area contributed by atoms with Crippen LogP contribution in [0.2, 0.25) is 0 Å². The molecule has 2 heteroatoms. The number of anilines is 1. The molecule has 1 aromatic rings. The van der Waals surface area contributed by atoms with Crippen molar-refractivity contribution in [3.05, 3.63) is 28.8 Å². The molecule has 19 heavy (non-hydrogen) atoms. The number of aryl methyl sites for hydroxylation is 1. The minimum absolute atomic E-state index is 0.449. The van der Waals surface area contributed by atoms with Crippen molar-refractivity contribution in [1.82, 2.24) is 0 Å². The SMILES string of the molecule is Cc1ccc(N(C)CC2CCC(N)CC2)c(C)c1C. The predicted molar refractivity (Wildman–Crippen MR) is 83.9 cm³/mol. The highest BCUT2D eigenvalue weighted by Crippen LogP contribution is 2.28. The summed E-state index contributed by atoms with van der Waals surface area (Å²) < 4.78 is 0. The Morgan fingerprint density at radius 2 is 1.68 bits per heavy atom. The highest BCUT2D eigenvalue weighted by Gasteiger charge is 2.20. The van der Waals surface area contributed by atoms with Crippen LogP contribution in [0, 0.1) is 26.7 Å². The molecule has 2 nitrogen and oxygen atoms in total. The van der Waals surface area contributed by atoms with E-state index in [0.29, 0.717) is 6.04 Å². The van der Waals surface area contributed by atoms with Crippen LogP contribution in [0.3, 0.4) is 0 Å². The quantitative estimate of drug-likeness (QED) is 0.900. The molecule has 0 atom stereocenters. The Morgan fingerprint density at radius 3 is 2.32 bits per heavy atom. The van der Waals surface area contributed by atoms with Crippen molar-refractivity contribution in [2.45, 2.75) is 52.5 Å². The van der Waals surface area contributed by atoms with Crippen molar-refractivity contribution < 1.29 is 0 Å². The van der Waals surface area contributed by atoms with Gasteiger partial charge in [0, 0.05) is 25.3 Å². The molecule has 1 aliphatic rings. The summed E-state index contributed by atoms with van der Waals surface area (Å²) in [6, 6.07) is 4.96. The maximum atomic E-state index is 5.99. The van der Waals surface area contributed by atoms with Crippen LogP contribution in [0.25, 0.3) is 0 Å². The fourth-order valence-electron chi connectivity index (χ4n) is 3.21. The third-order valence-corrected chi connectivity index (χ3v) is 4.86. The van der Waals surface area contributed by atoms with Gasteiger partial charge < -0.3 is 10.6 Å². The van der Waals surface area contributed by atoms with Crippen LogP contribution in [0.5, 0.6) is 0 Å². The van der Waals surface area contributed by atoms with E-state index in [1.807, 2.05) is 0 Å². The first-order valence-electron chi connectivity index (χ1n) is 7.52. The van der Waals surface area contributed by atoms with Crippen LogP contribution in [0.4, 0.5) is 5.69 Å². The number of hydrogen-bond acceptors (Lipinski definition) is 2. The molecule has 0 radical (unpaired) electrons. The van der Waals surface area contributed by atoms with E-state index in [1.165, 1.54) is 48.1 Å². The van der Waals surface area contributed by atoms with Crippen molar-refractivity contribution in [3.63, 3.8) is 0 Å². The van der Waals surface area contributed by atoms with Crippen LogP contribution in [0.1, 0.15) is 42.4 Å². The van der Waals surface area contributed by atoms with Gasteiger partial charge >= 0.3 is 0 Å². The largest absolute Gasteiger partial charge is 0.374 e. The second-order valence-electron chi connectivity index (χ2n) is 6.31. The molecule has 0 spiro atoms. The number of rotatable bonds is 3. The van der Waals surface area contributed by atoms with Gasteiger partial charge in [0.1, 0.15) is 0 Å². The zero-order valence-electron chi connectivity index (χ0n) is 12.9. The van der Waals surface area contributed by atoms with Gasteiger partial charge in [-0.2, -0.15) is 0 Å². The van der Waals surface area contributed by atoms with E-state index in [0.717, 1.165) is 12.5 Å². The minimum Gasteiger partial charge on any atom is -0.374 e. The van der Waals surface area contributed by atoms with E-state index >= 15 is 0 Å². The molecule has 106 valence electrons. The number of nitrogens with zero attached hydrogens (tertiary/aromatic N) is 1. The van der Waals surface area contributed by atoms with Crippen LogP contribution in [0.15, 0.2) is 12.1 Å². The first-order chi connectivity index (χ1) is 8.99. The molecule has 1 fully saturated rings. The van der Waals surface area contributed by atoms with Crippen molar-refractivity contribution in [1.29, 1.82) is 0 Å². The molecule has 0 amide bonds. The Kier molecular flexibility index (Phi) is 4.51. The summed E-state index contributed by atoms with van der Waals surface area (Å²) in [4.78, 5) is 2.43. The van der Waals surface area contributed by atoms with Crippen molar-refractivity contribution in [2.75, 3.05) is 18.5 Å². The van der Waals surface area contributed by atoms with E-state index in [-0.39, 0.29) is 0 Å². The van der Waals surface area contributed by atoms with Gasteiger partial charge in [-0.25, -0.2) is 0 Å². The van der Waals surface area contributed by atoms with E-state index in [4.69, 9.17) is 5.73 Å². The zero-order chi connectivity index (χ0) is 14.0. The van der Waals surface area contributed by atoms with E-state index in [1.54, 1.807) is 0 Å². The average Bonchev–Trinajstić information content (AvgIpc) is 2.39. The Balaban J connectivity index is 2.04. The second-order valence-corrected chi connectivity index (χ2v) is 6.31. The summed E-state index contributed by atoms with van der Waals surface area (Å²) in [5.74, 6) is 0.811. The Hall–Kier alpha value is -1.02. The Labute approximate surface area is 118 Å². The van der Waals surface area contributed by atoms with Crippen LogP contribution >= 0.6 is 0 Å². The van der Waals surface area contributed by atoms with E-state index in [9.17, 15) is 0 Å². The van der Waals surface area contributed by atoms with Gasteiger partial charge in [0.05, 0.1) is 0 Å². The van der Waals surface area contributed by atoms with Crippen LogP contribution in [-0.4, -0.2) is 19.6 Å². The molecule has 2 rings (SSSR count). The molecule has 0 bridgehead atoms. The van der Waals surface area contributed by atoms with Gasteiger partial charge in [0.25, 0.3) is 0 Å². The molecule has 1 saturated carbocycles. The number of nitrogens with two attached hydrogens (primary N) is 1. The third-order valence-electron chi connectivity index (χ3n) is 4.86. The lowest BCUT2D eigenvalue weighted by Gasteiger charge is -2.31. The standard InChI is InChI=1S/C17H28N2/c1-12-5-10-17(14(3)13(12)2)19(4)11-15-6-8-16(18)9-7-15/h5,10,15-16H,6-9,11,18H2,1-4H3. The first kappa shape index (κ1) is 14.4. The van der Waals surface area contributed by atoms with Crippen molar-refractivity contribution in [3.8, 4) is 0 Å². The van der Waals surface area contributed by atoms with E-state index < -0.39 is 0 Å². The molecular formula is C17H28N2. The maximum Gasteiger partial charge on any atom is 0.0396 e. The normalized spacial score (nSPS) is 23.4. The summed E-state index contributed by atoms with van der Waals surface area (Å²) >= 11 is 0. The highest BCUT2D eigenvalue weighted by atomic mass is 15.1. The number of hydrogen-bond donors (Lipinski definition) is 1. The van der Waals surface area contributed by atoms with Crippen LogP contribution in [-0.2, 0) is 0 Å². The van der Waals surface area contributed by atoms with Gasteiger partial charge in [0.15, 0.2) is 0 Å². The fraction of sp³-hybridized carbons (Fsp3) is 0.647. The molecular weight excluding hydrogens is 232 g/mol. The topological polar surface area (TPSA) is 29.3 Å². The average molecular weight is 260 g/mol. The smallest absolute Gasteiger partial charge is 0.0396 e. The molecule has 2 N–H and O–H groups in total. The summed E-state index contributed by atoms with van der Waals surface area (Å²) in [6.45, 7) is 7.82. The minimum atomic E-state index is 0.449. The summed E-state index contributed by atoms with van der Waals surface area (Å²) in [5, 5.41) is 0. The van der Waals surface area contributed by atoms with Crippen molar-refractivity contribution >= 4 is 5.69 Å². The Morgan fingerprint density at radius 1 is 1.05 bits per heavy atom. The lowest BCUT2D eigenvalue weighted by Crippen LogP contribution is -2.33. The van der Waals surface area contributed by atoms with Crippen molar-refractivity contribution in [2.24, 2.45) is 11.7 Å². The fourth-order valence-corrected chi connectivity index (χ4v) is 3.21. The third kappa shape index (κ3) is 3.30. The lowest BCUT2D eigenvalue weighted by atomic mass is 9.86. The lowest BCUT2D eigenvalue weighted by molar-refractivity contribution is 0.330. The van der Waals surface area contributed by atoms with Gasteiger partial charge in [0.2, 0.25) is 0 Å². The van der Waals surface area contributed by atoms with Gasteiger partial charge in [-0.05, 0) is 75.1 Å². The molecule has 0 heterocycles. The summed E-state index contributed by atoms with van der Waals surface area (Å²) in [6.07, 6.45) is 4.97. The number of benzene rings is 1. The molecule has 0 unspecified atom stereocenters. The zero-order valence-corrected chi connectivity index (χ0v) is 12.9. The highest BCUT2D eigenvalue weighted by molar-refractivity contribution is 5.57. The first-order valence-corrected chi connectivity index (χ1v) is 7.52. The van der Waals surface area contributed by atoms with Crippen LogP contribution < -0.4 is 10.6 Å². The molecule has 0 aliphatic heterocycles. The Bertz CT molecular complexity index is 431. The molecule has 0 aromatic heterocycles. The van der Waals surface area contributed by atoms with Gasteiger partial charge in [-0.15, -0.1) is 0 Å². The molecule has 1 aromatic carbocycles. The monoisotopic (exact) mass is 260 g/mol. The maximum absolute atomic E-state index is 5.99. The second kappa shape index (κ2) is 5.96. The predicted octanol–water partition coefficient (Wildman–Crippen LogP) is 3.57. The summed E-state index contributed by atoms with van der Waals surface area (Å²) in [7, 11) is 2.23. The van der Waals surface area contributed by atoms with Gasteiger partial charge in [-0.3, -0.25) is 0 Å². The van der Waals surface area contributed by atoms with Gasteiger partial charge in [-0.1, -0.05) is 6.07 Å². The van der Waals surface area contributed by atoms with E-state index in [2.05, 4.69) is 44.9 Å².